The molecule has 0 fully saturated rings. The van der Waals surface area contributed by atoms with E-state index in [4.69, 9.17) is 18.8 Å². The van der Waals surface area contributed by atoms with Crippen molar-refractivity contribution in [2.75, 3.05) is 26.2 Å². The molecule has 0 aromatic heterocycles. The van der Waals surface area contributed by atoms with Crippen LogP contribution in [0.4, 0.5) is 0 Å². The Bertz CT molecular complexity index is 460. The van der Waals surface area contributed by atoms with Gasteiger partial charge in [0.05, 0.1) is 24.0 Å². The first-order valence-corrected chi connectivity index (χ1v) is 14.6. The van der Waals surface area contributed by atoms with Crippen LogP contribution in [0.1, 0.15) is 39.5 Å². The fourth-order valence-corrected chi connectivity index (χ4v) is 2.01. The van der Waals surface area contributed by atoms with Gasteiger partial charge in [0.2, 0.25) is 11.8 Å². The van der Waals surface area contributed by atoms with Crippen molar-refractivity contribution in [3.8, 4) is 0 Å². The van der Waals surface area contributed by atoms with E-state index in [0.29, 0.717) is 13.1 Å². The standard InChI is InChI=1S/C16H30N4O6.2ClH.Pt/c1-3-5-19-13(21)9-11(15(23)24)17-7-8-18-12(16(25)26)10-14(22)20-6-4-2;;;/h11-12,17-18H,3-10H2,1-2H3,(H,19,21)(H,20,22)(H,23,24)(H,25,26);2*1H;/q;;;+4/p-4. The van der Waals surface area contributed by atoms with Gasteiger partial charge >= 0.3 is 35.3 Å². The zero-order chi connectivity index (χ0) is 22.7. The molecule has 2 unspecified atom stereocenters. The maximum atomic E-state index is 11.6. The monoisotopic (exact) mass is 637 g/mol. The minimum absolute atomic E-state index is 0.0695. The summed E-state index contributed by atoms with van der Waals surface area (Å²) in [7, 11) is 9.75. The number of carbonyl (C=O) groups is 4. The van der Waals surface area contributed by atoms with Crippen LogP contribution in [0.2, 0.25) is 0 Å². The van der Waals surface area contributed by atoms with Crippen LogP contribution in [0.3, 0.4) is 0 Å². The molecule has 0 radical (unpaired) electrons. The topological polar surface area (TPSA) is 163 Å². The van der Waals surface area contributed by atoms with E-state index in [1.54, 1.807) is 0 Å². The van der Waals surface area contributed by atoms with Crippen molar-refractivity contribution in [3.05, 3.63) is 0 Å². The van der Waals surface area contributed by atoms with Crippen molar-refractivity contribution in [3.63, 3.8) is 0 Å². The van der Waals surface area contributed by atoms with Crippen molar-refractivity contribution in [2.45, 2.75) is 51.6 Å². The first kappa shape index (κ1) is 30.3. The SMILES string of the molecule is CCCNC(=O)CC(NCCNC(CC(=O)NCCC)C(=O)[O-])C(=O)[O-].[Cl][Pt+2][Cl]. The fourth-order valence-electron chi connectivity index (χ4n) is 2.01. The van der Waals surface area contributed by atoms with Gasteiger partial charge in [-0.15, -0.1) is 0 Å². The number of amides is 2. The Kier molecular flexibility index (Phi) is 21.2. The zero-order valence-electron chi connectivity index (χ0n) is 16.3. The summed E-state index contributed by atoms with van der Waals surface area (Å²) in [6.07, 6.45) is 0.891. The van der Waals surface area contributed by atoms with Gasteiger partial charge in [-0.1, -0.05) is 13.8 Å². The Morgan fingerprint density at radius 1 is 0.759 bits per heavy atom. The van der Waals surface area contributed by atoms with E-state index in [0.717, 1.165) is 12.8 Å². The number of nitrogens with one attached hydrogen (secondary N) is 4. The van der Waals surface area contributed by atoms with E-state index in [2.05, 4.69) is 21.3 Å². The van der Waals surface area contributed by atoms with Gasteiger partial charge in [0.15, 0.2) is 0 Å². The molecule has 0 spiro atoms. The molecule has 0 aromatic rings. The molecule has 0 aliphatic rings. The van der Waals surface area contributed by atoms with E-state index >= 15 is 0 Å². The van der Waals surface area contributed by atoms with Gasteiger partial charge in [-0.2, -0.15) is 0 Å². The second-order valence-corrected chi connectivity index (χ2v) is 9.09. The summed E-state index contributed by atoms with van der Waals surface area (Å²) in [6.45, 7) is 4.79. The summed E-state index contributed by atoms with van der Waals surface area (Å²) in [5, 5.41) is 32.5. The predicted molar refractivity (Wildman–Crippen MR) is 101 cm³/mol. The summed E-state index contributed by atoms with van der Waals surface area (Å²) in [6, 6.07) is -2.38. The molecule has 2 amide bonds. The maximum absolute atomic E-state index is 11.6. The van der Waals surface area contributed by atoms with Gasteiger partial charge in [0.25, 0.3) is 0 Å². The summed E-state index contributed by atoms with van der Waals surface area (Å²) in [5.41, 5.74) is 0. The third-order valence-corrected chi connectivity index (χ3v) is 3.40. The summed E-state index contributed by atoms with van der Waals surface area (Å²) in [4.78, 5) is 45.3. The van der Waals surface area contributed by atoms with Crippen molar-refractivity contribution in [2.24, 2.45) is 0 Å². The van der Waals surface area contributed by atoms with Crippen LogP contribution >= 0.6 is 18.8 Å². The van der Waals surface area contributed by atoms with Crippen LogP contribution in [0.15, 0.2) is 0 Å². The molecule has 0 aromatic carbocycles. The Morgan fingerprint density at radius 3 is 1.31 bits per heavy atom. The second-order valence-electron chi connectivity index (χ2n) is 5.80. The van der Waals surface area contributed by atoms with Crippen LogP contribution in [-0.2, 0) is 35.7 Å². The molecule has 10 nitrogen and oxygen atoms in total. The third-order valence-electron chi connectivity index (χ3n) is 3.40. The van der Waals surface area contributed by atoms with Crippen molar-refractivity contribution >= 4 is 42.6 Å². The number of hydrogen-bond donors (Lipinski definition) is 4. The van der Waals surface area contributed by atoms with Gasteiger partial charge < -0.3 is 41.1 Å². The molecule has 0 heterocycles. The molecule has 0 aliphatic heterocycles. The van der Waals surface area contributed by atoms with E-state index < -0.39 is 52.3 Å². The van der Waals surface area contributed by atoms with E-state index in [1.807, 2.05) is 13.8 Å². The summed E-state index contributed by atoms with van der Waals surface area (Å²) in [5.74, 6) is -3.68. The van der Waals surface area contributed by atoms with Gasteiger partial charge in [-0.05, 0) is 12.8 Å². The number of carboxylic acid groups (broad SMARTS) is 2. The number of halogens is 2. The second kappa shape index (κ2) is 20.3. The van der Waals surface area contributed by atoms with E-state index in [9.17, 15) is 29.4 Å². The predicted octanol–water partition coefficient (Wildman–Crippen LogP) is -2.39. The zero-order valence-corrected chi connectivity index (χ0v) is 20.1. The number of carboxylic acids is 2. The molecular weight excluding hydrogens is 610 g/mol. The molecule has 0 bridgehead atoms. The normalized spacial score (nSPS) is 12.3. The molecule has 13 heteroatoms. The third kappa shape index (κ3) is 18.8. The summed E-state index contributed by atoms with van der Waals surface area (Å²) < 4.78 is 0. The molecule has 172 valence electrons. The Balaban J connectivity index is 0. The van der Waals surface area contributed by atoms with Crippen LogP contribution in [0.25, 0.3) is 0 Å². The van der Waals surface area contributed by atoms with Crippen molar-refractivity contribution in [1.82, 2.24) is 21.3 Å². The molecule has 0 saturated heterocycles. The van der Waals surface area contributed by atoms with Crippen LogP contribution in [0, 0.1) is 0 Å². The van der Waals surface area contributed by atoms with Gasteiger partial charge in [0.1, 0.15) is 0 Å². The van der Waals surface area contributed by atoms with Gasteiger partial charge in [-0.3, -0.25) is 9.59 Å². The molecule has 29 heavy (non-hydrogen) atoms. The van der Waals surface area contributed by atoms with E-state index in [-0.39, 0.29) is 25.9 Å². The minimum atomic E-state index is -1.42. The average Bonchev–Trinajstić information content (AvgIpc) is 2.66. The Morgan fingerprint density at radius 2 is 1.07 bits per heavy atom. The number of hydrogen-bond acceptors (Lipinski definition) is 8. The fraction of sp³-hybridized carbons (Fsp3) is 0.750. The van der Waals surface area contributed by atoms with Gasteiger partial charge in [-0.25, -0.2) is 0 Å². The molecule has 0 rings (SSSR count). The van der Waals surface area contributed by atoms with Crippen LogP contribution in [0.5, 0.6) is 0 Å². The van der Waals surface area contributed by atoms with Crippen LogP contribution in [-0.4, -0.2) is 62.0 Å². The van der Waals surface area contributed by atoms with Gasteiger partial charge in [0, 0.05) is 39.0 Å². The average molecular weight is 638 g/mol. The first-order valence-electron chi connectivity index (χ1n) is 8.97. The molecule has 0 aliphatic carbocycles. The summed E-state index contributed by atoms with van der Waals surface area (Å²) >= 11 is -0.472. The Labute approximate surface area is 187 Å². The molecule has 4 N–H and O–H groups in total. The molecule has 2 atom stereocenters. The van der Waals surface area contributed by atoms with Crippen molar-refractivity contribution in [1.29, 1.82) is 0 Å². The van der Waals surface area contributed by atoms with Crippen molar-refractivity contribution < 1.29 is 45.9 Å². The molecule has 0 saturated carbocycles. The first-order chi connectivity index (χ1) is 13.7. The van der Waals surface area contributed by atoms with E-state index in [1.165, 1.54) is 0 Å². The number of carbonyl (C=O) groups excluding carboxylic acids is 4. The Hall–Kier alpha value is -0.932. The number of aliphatic carboxylic acids is 2. The number of rotatable bonds is 15. The molecular formula is C16H28Cl2N4O6Pt. The van der Waals surface area contributed by atoms with Crippen LogP contribution < -0.4 is 31.5 Å². The quantitative estimate of drug-likeness (QED) is 0.145.